The van der Waals surface area contributed by atoms with Gasteiger partial charge in [-0.3, -0.25) is 9.59 Å². The molecule has 7 nitrogen and oxygen atoms in total. The van der Waals surface area contributed by atoms with Gasteiger partial charge in [0.25, 0.3) is 11.7 Å². The summed E-state index contributed by atoms with van der Waals surface area (Å²) in [5.41, 5.74) is 6.48. The first-order chi connectivity index (χ1) is 13.3. The second kappa shape index (κ2) is 7.89. The molecule has 0 saturated carbocycles. The number of ketones is 1. The smallest absolute Gasteiger partial charge is 0.341 e. The molecule has 1 atom stereocenters. The molecule has 0 aliphatic rings. The molecule has 0 aliphatic carbocycles. The summed E-state index contributed by atoms with van der Waals surface area (Å²) in [7, 11) is 0. The molecule has 158 valence electrons. The summed E-state index contributed by atoms with van der Waals surface area (Å²) in [5, 5.41) is 9.42. The predicted molar refractivity (Wildman–Crippen MR) is 111 cm³/mol. The van der Waals surface area contributed by atoms with Gasteiger partial charge in [-0.1, -0.05) is 33.8 Å². The number of benzene rings is 1. The van der Waals surface area contributed by atoms with Gasteiger partial charge in [-0.25, -0.2) is 4.79 Å². The van der Waals surface area contributed by atoms with Crippen LogP contribution in [0.5, 0.6) is 5.75 Å². The average molecular weight is 402 g/mol. The van der Waals surface area contributed by atoms with Crippen molar-refractivity contribution in [3.05, 3.63) is 29.5 Å². The largest absolute Gasteiger partial charge is 0.481 e. The van der Waals surface area contributed by atoms with E-state index in [1.165, 1.54) is 0 Å². The van der Waals surface area contributed by atoms with Gasteiger partial charge in [-0.2, -0.15) is 0 Å². The minimum atomic E-state index is -1.13. The van der Waals surface area contributed by atoms with Crippen LogP contribution in [0.2, 0.25) is 0 Å². The number of nitrogens with two attached hydrogens (primary N) is 1. The summed E-state index contributed by atoms with van der Waals surface area (Å²) in [5.74, 6) is -2.77. The van der Waals surface area contributed by atoms with Gasteiger partial charge in [0, 0.05) is 11.2 Å². The first-order valence-electron chi connectivity index (χ1n) is 9.65. The second-order valence-corrected chi connectivity index (χ2v) is 8.91. The number of aliphatic carboxylic acids is 1. The highest BCUT2D eigenvalue weighted by Crippen LogP contribution is 2.42. The van der Waals surface area contributed by atoms with Crippen molar-refractivity contribution >= 4 is 28.6 Å². The van der Waals surface area contributed by atoms with Crippen molar-refractivity contribution in [1.82, 2.24) is 4.57 Å². The van der Waals surface area contributed by atoms with Crippen molar-refractivity contribution in [3.8, 4) is 5.75 Å². The number of hydrogen-bond donors (Lipinski definition) is 2. The number of hydrogen-bond acceptors (Lipinski definition) is 4. The molecular weight excluding hydrogens is 372 g/mol. The van der Waals surface area contributed by atoms with E-state index >= 15 is 0 Å². The highest BCUT2D eigenvalue weighted by Gasteiger charge is 2.36. The van der Waals surface area contributed by atoms with E-state index in [4.69, 9.17) is 15.6 Å². The zero-order valence-electron chi connectivity index (χ0n) is 18.0. The molecule has 0 spiro atoms. The summed E-state index contributed by atoms with van der Waals surface area (Å²) >= 11 is 0. The average Bonchev–Trinajstić information content (AvgIpc) is 2.90. The topological polar surface area (TPSA) is 112 Å². The number of Topliss-reactive ketones (excluding diaryl/α,β-unsaturated/α-hetero) is 1. The molecule has 0 fully saturated rings. The van der Waals surface area contributed by atoms with E-state index in [9.17, 15) is 14.4 Å². The number of carbonyl (C=O) groups is 3. The number of rotatable bonds is 8. The van der Waals surface area contributed by atoms with E-state index in [2.05, 4.69) is 39.2 Å². The third-order valence-corrected chi connectivity index (χ3v) is 5.21. The number of carboxylic acids is 1. The third kappa shape index (κ3) is 4.44. The zero-order valence-corrected chi connectivity index (χ0v) is 18.0. The lowest BCUT2D eigenvalue weighted by Crippen LogP contribution is -2.35. The molecule has 1 aromatic carbocycles. The van der Waals surface area contributed by atoms with Crippen molar-refractivity contribution in [2.45, 2.75) is 59.9 Å². The Morgan fingerprint density at radius 1 is 1.17 bits per heavy atom. The minimum absolute atomic E-state index is 0.0130. The fourth-order valence-corrected chi connectivity index (χ4v) is 4.29. The minimum Gasteiger partial charge on any atom is -0.481 e. The molecule has 0 aliphatic heterocycles. The summed E-state index contributed by atoms with van der Waals surface area (Å²) in [6, 6.07) is 5.20. The zero-order chi connectivity index (χ0) is 22.1. The highest BCUT2D eigenvalue weighted by atomic mass is 16.5. The summed E-state index contributed by atoms with van der Waals surface area (Å²) in [6.45, 7) is 11.9. The maximum absolute atomic E-state index is 12.7. The van der Waals surface area contributed by atoms with Crippen LogP contribution in [-0.4, -0.2) is 33.9 Å². The number of aromatic nitrogens is 1. The molecule has 2 aromatic rings. The number of nitrogens with zero attached hydrogens (tertiary/aromatic N) is 1. The molecule has 0 saturated heterocycles. The molecule has 1 unspecified atom stereocenters. The number of carboxylic acid groups (broad SMARTS) is 1. The number of fused-ring (bicyclic) bond motifs is 1. The fraction of sp³-hybridized carbons (Fsp3) is 0.500. The Balaban J connectivity index is 2.89. The van der Waals surface area contributed by atoms with Crippen LogP contribution in [0.1, 0.15) is 63.5 Å². The summed E-state index contributed by atoms with van der Waals surface area (Å²) in [4.78, 5) is 35.5. The van der Waals surface area contributed by atoms with E-state index in [1.807, 2.05) is 6.07 Å². The first-order valence-corrected chi connectivity index (χ1v) is 9.65. The fourth-order valence-electron chi connectivity index (χ4n) is 4.29. The van der Waals surface area contributed by atoms with Gasteiger partial charge in [0.1, 0.15) is 5.75 Å². The second-order valence-electron chi connectivity index (χ2n) is 8.91. The number of carbonyl (C=O) groups excluding carboxylic acids is 2. The molecule has 2 rings (SSSR count). The van der Waals surface area contributed by atoms with Gasteiger partial charge >= 0.3 is 5.97 Å². The first kappa shape index (κ1) is 22.5. The molecule has 7 heteroatoms. The van der Waals surface area contributed by atoms with Crippen LogP contribution < -0.4 is 10.5 Å². The number of primary amides is 1. The van der Waals surface area contributed by atoms with Crippen LogP contribution >= 0.6 is 0 Å². The lowest BCUT2D eigenvalue weighted by Gasteiger charge is -2.38. The van der Waals surface area contributed by atoms with Crippen LogP contribution in [0.4, 0.5) is 0 Å². The van der Waals surface area contributed by atoms with Crippen LogP contribution in [0, 0.1) is 12.3 Å². The Bertz CT molecular complexity index is 968. The monoisotopic (exact) mass is 402 g/mol. The van der Waals surface area contributed by atoms with Gasteiger partial charge < -0.3 is 20.1 Å². The Morgan fingerprint density at radius 2 is 1.79 bits per heavy atom. The normalized spacial score (nSPS) is 13.9. The quantitative estimate of drug-likeness (QED) is 0.517. The van der Waals surface area contributed by atoms with E-state index in [-0.39, 0.29) is 22.3 Å². The van der Waals surface area contributed by atoms with Gasteiger partial charge in [-0.15, -0.1) is 0 Å². The Labute approximate surface area is 170 Å². The van der Waals surface area contributed by atoms with Gasteiger partial charge in [0.2, 0.25) is 0 Å². The summed E-state index contributed by atoms with van der Waals surface area (Å²) < 4.78 is 7.52. The van der Waals surface area contributed by atoms with Crippen molar-refractivity contribution in [1.29, 1.82) is 0 Å². The number of ether oxygens (including phenoxy) is 1. The predicted octanol–water partition coefficient (Wildman–Crippen LogP) is 3.64. The molecule has 1 aromatic heterocycles. The molecule has 1 heterocycles. The van der Waals surface area contributed by atoms with Crippen molar-refractivity contribution in [2.75, 3.05) is 6.61 Å². The molecule has 0 bridgehead atoms. The lowest BCUT2D eigenvalue weighted by atomic mass is 9.79. The van der Waals surface area contributed by atoms with Crippen LogP contribution in [0.3, 0.4) is 0 Å². The van der Waals surface area contributed by atoms with Crippen molar-refractivity contribution < 1.29 is 24.2 Å². The van der Waals surface area contributed by atoms with E-state index in [1.54, 1.807) is 19.1 Å². The Kier molecular flexibility index (Phi) is 6.11. The van der Waals surface area contributed by atoms with Crippen LogP contribution in [-0.2, 0) is 15.1 Å². The van der Waals surface area contributed by atoms with E-state index in [0.29, 0.717) is 16.6 Å². The number of amides is 1. The standard InChI is InChI=1S/C22H30N2O5/c1-7-22(6,12-21(3,4)5)24-13(2)17(19(27)20(23)28)18-14(24)9-8-10-15(18)29-11-16(25)26/h8-10H,7,11-12H2,1-6H3,(H2,23,28)(H,25,26). The maximum Gasteiger partial charge on any atom is 0.341 e. The highest BCUT2D eigenvalue weighted by molar-refractivity contribution is 6.45. The molecule has 29 heavy (non-hydrogen) atoms. The Hall–Kier alpha value is -2.83. The van der Waals surface area contributed by atoms with Gasteiger partial charge in [0.15, 0.2) is 6.61 Å². The molecule has 0 radical (unpaired) electrons. The molecule has 1 amide bonds. The van der Waals surface area contributed by atoms with Gasteiger partial charge in [0.05, 0.1) is 16.5 Å². The summed E-state index contributed by atoms with van der Waals surface area (Å²) in [6.07, 6.45) is 1.62. The van der Waals surface area contributed by atoms with Crippen LogP contribution in [0.15, 0.2) is 18.2 Å². The SMILES string of the molecule is CCC(C)(CC(C)(C)C)n1c(C)c(C(=O)C(N)=O)c2c(OCC(=O)O)cccc21. The third-order valence-electron chi connectivity index (χ3n) is 5.21. The molecule has 3 N–H and O–H groups in total. The Morgan fingerprint density at radius 3 is 2.28 bits per heavy atom. The van der Waals surface area contributed by atoms with Crippen LogP contribution in [0.25, 0.3) is 10.9 Å². The van der Waals surface area contributed by atoms with E-state index < -0.39 is 24.3 Å². The maximum atomic E-state index is 12.7. The van der Waals surface area contributed by atoms with E-state index in [0.717, 1.165) is 12.8 Å². The van der Waals surface area contributed by atoms with Gasteiger partial charge in [-0.05, 0) is 44.2 Å². The van der Waals surface area contributed by atoms with Crippen molar-refractivity contribution in [3.63, 3.8) is 0 Å². The van der Waals surface area contributed by atoms with Crippen molar-refractivity contribution in [2.24, 2.45) is 11.1 Å². The lowest BCUT2D eigenvalue weighted by molar-refractivity contribution is -0.139. The molecular formula is C22H30N2O5.